The molecule has 3 rings (SSSR count). The maximum absolute atomic E-state index is 13.2. The summed E-state index contributed by atoms with van der Waals surface area (Å²) in [6.07, 6.45) is 4.15. The number of hydrogen-bond donors (Lipinski definition) is 3. The molecule has 0 fully saturated rings. The molecule has 188 valence electrons. The topological polar surface area (TPSA) is 130 Å². The molecule has 2 amide bonds. The third-order valence-electron chi connectivity index (χ3n) is 6.24. The fourth-order valence-corrected chi connectivity index (χ4v) is 4.25. The Morgan fingerprint density at radius 3 is 2.66 bits per heavy atom. The zero-order chi connectivity index (χ0) is 25.2. The highest BCUT2D eigenvalue weighted by Crippen LogP contribution is 2.20. The van der Waals surface area contributed by atoms with Gasteiger partial charge in [0, 0.05) is 24.6 Å². The van der Waals surface area contributed by atoms with Crippen molar-refractivity contribution in [1.29, 1.82) is 0 Å². The van der Waals surface area contributed by atoms with Crippen molar-refractivity contribution in [3.05, 3.63) is 53.3 Å². The summed E-state index contributed by atoms with van der Waals surface area (Å²) in [6.45, 7) is 4.09. The molecule has 9 heteroatoms. The predicted molar refractivity (Wildman–Crippen MR) is 129 cm³/mol. The number of benzene rings is 1. The Kier molecular flexibility index (Phi) is 9.57. The smallest absolute Gasteiger partial charge is 0.408 e. The second-order valence-corrected chi connectivity index (χ2v) is 9.28. The lowest BCUT2D eigenvalue weighted by Gasteiger charge is -2.23. The standard InChI is InChI=1S/C26H34N4O5/c1-17(2)23(29-26(34)35-16-18-8-4-3-5-9-18)22(31)14-19-10-6-11-20-15-28-30-21(20)12-7-13-27-25(33)24(19)32/h3-5,8-9,15,17,19,23H,6-7,10-14,16H2,1-2H3,(H,27,33)(H,28,30)(H,29,34). The van der Waals surface area contributed by atoms with Crippen LogP contribution >= 0.6 is 0 Å². The van der Waals surface area contributed by atoms with Gasteiger partial charge in [-0.1, -0.05) is 44.2 Å². The van der Waals surface area contributed by atoms with E-state index in [1.54, 1.807) is 6.20 Å². The Balaban J connectivity index is 1.63. The molecule has 9 nitrogen and oxygen atoms in total. The van der Waals surface area contributed by atoms with Crippen molar-refractivity contribution in [2.75, 3.05) is 6.54 Å². The van der Waals surface area contributed by atoms with Crippen LogP contribution in [0, 0.1) is 11.8 Å². The minimum absolute atomic E-state index is 0.0863. The number of fused-ring (bicyclic) bond motifs is 1. The summed E-state index contributed by atoms with van der Waals surface area (Å²) in [5.41, 5.74) is 2.97. The number of nitrogens with zero attached hydrogens (tertiary/aromatic N) is 1. The first-order chi connectivity index (χ1) is 16.8. The number of aromatic amines is 1. The van der Waals surface area contributed by atoms with Gasteiger partial charge in [0.25, 0.3) is 5.91 Å². The van der Waals surface area contributed by atoms with Gasteiger partial charge in [-0.2, -0.15) is 5.10 Å². The Labute approximate surface area is 205 Å². The van der Waals surface area contributed by atoms with E-state index in [4.69, 9.17) is 4.74 Å². The summed E-state index contributed by atoms with van der Waals surface area (Å²) < 4.78 is 5.26. The number of ketones is 2. The summed E-state index contributed by atoms with van der Waals surface area (Å²) >= 11 is 0. The van der Waals surface area contributed by atoms with E-state index in [-0.39, 0.29) is 24.7 Å². The quantitative estimate of drug-likeness (QED) is 0.520. The number of amides is 2. The first kappa shape index (κ1) is 26.1. The molecule has 0 aliphatic carbocycles. The number of aryl methyl sites for hydroxylation is 2. The van der Waals surface area contributed by atoms with Gasteiger partial charge < -0.3 is 15.4 Å². The van der Waals surface area contributed by atoms with E-state index in [2.05, 4.69) is 20.8 Å². The monoisotopic (exact) mass is 482 g/mol. The van der Waals surface area contributed by atoms with Crippen LogP contribution in [0.1, 0.15) is 56.4 Å². The molecule has 0 bridgehead atoms. The lowest BCUT2D eigenvalue weighted by Crippen LogP contribution is -2.46. The van der Waals surface area contributed by atoms with Gasteiger partial charge in [0.15, 0.2) is 5.78 Å². The molecule has 0 saturated carbocycles. The maximum Gasteiger partial charge on any atom is 0.408 e. The molecule has 0 saturated heterocycles. The summed E-state index contributed by atoms with van der Waals surface area (Å²) in [5.74, 6) is -2.50. The Bertz CT molecular complexity index is 1020. The normalized spacial score (nSPS) is 18.0. The summed E-state index contributed by atoms with van der Waals surface area (Å²) in [7, 11) is 0. The molecule has 35 heavy (non-hydrogen) atoms. The van der Waals surface area contributed by atoms with E-state index in [0.29, 0.717) is 32.2 Å². The fourth-order valence-electron chi connectivity index (χ4n) is 4.25. The summed E-state index contributed by atoms with van der Waals surface area (Å²) in [5, 5.41) is 12.4. The highest BCUT2D eigenvalue weighted by atomic mass is 16.5. The molecule has 0 radical (unpaired) electrons. The molecule has 1 aromatic heterocycles. The van der Waals surface area contributed by atoms with E-state index in [1.807, 2.05) is 44.2 Å². The molecule has 1 aliphatic rings. The lowest BCUT2D eigenvalue weighted by molar-refractivity contribution is -0.141. The molecule has 0 spiro atoms. The van der Waals surface area contributed by atoms with Crippen LogP contribution in [-0.4, -0.2) is 46.4 Å². The lowest BCUT2D eigenvalue weighted by atomic mass is 9.86. The zero-order valence-electron chi connectivity index (χ0n) is 20.3. The number of carbonyl (C=O) groups is 4. The number of Topliss-reactive ketones (excluding diaryl/α,β-unsaturated/α-hetero) is 2. The molecule has 3 N–H and O–H groups in total. The third kappa shape index (κ3) is 7.77. The van der Waals surface area contributed by atoms with Crippen molar-refractivity contribution in [1.82, 2.24) is 20.8 Å². The molecule has 1 aliphatic heterocycles. The van der Waals surface area contributed by atoms with E-state index >= 15 is 0 Å². The van der Waals surface area contributed by atoms with Crippen molar-refractivity contribution < 1.29 is 23.9 Å². The van der Waals surface area contributed by atoms with Crippen LogP contribution in [0.2, 0.25) is 0 Å². The minimum atomic E-state index is -0.823. The first-order valence-electron chi connectivity index (χ1n) is 12.2. The molecular weight excluding hydrogens is 448 g/mol. The van der Waals surface area contributed by atoms with Gasteiger partial charge in [0.2, 0.25) is 5.78 Å². The van der Waals surface area contributed by atoms with Gasteiger partial charge in [-0.05, 0) is 49.1 Å². The Morgan fingerprint density at radius 2 is 1.91 bits per heavy atom. The van der Waals surface area contributed by atoms with Crippen LogP contribution in [0.3, 0.4) is 0 Å². The first-order valence-corrected chi connectivity index (χ1v) is 12.2. The molecule has 2 heterocycles. The Morgan fingerprint density at radius 1 is 1.14 bits per heavy atom. The van der Waals surface area contributed by atoms with Crippen LogP contribution in [0.4, 0.5) is 4.79 Å². The number of nitrogens with one attached hydrogen (secondary N) is 3. The summed E-state index contributed by atoms with van der Waals surface area (Å²) in [4.78, 5) is 50.9. The number of alkyl carbamates (subject to hydrolysis) is 1. The molecule has 1 aromatic carbocycles. The number of ether oxygens (including phenoxy) is 1. The van der Waals surface area contributed by atoms with E-state index < -0.39 is 29.7 Å². The van der Waals surface area contributed by atoms with E-state index in [1.165, 1.54) is 0 Å². The van der Waals surface area contributed by atoms with Crippen molar-refractivity contribution in [2.45, 2.75) is 65.0 Å². The highest BCUT2D eigenvalue weighted by Gasteiger charge is 2.32. The van der Waals surface area contributed by atoms with Crippen LogP contribution in [0.25, 0.3) is 0 Å². The summed E-state index contributed by atoms with van der Waals surface area (Å²) in [6, 6.07) is 8.42. The van der Waals surface area contributed by atoms with Gasteiger partial charge in [0.1, 0.15) is 6.61 Å². The number of H-pyrrole nitrogens is 1. The van der Waals surface area contributed by atoms with Gasteiger partial charge >= 0.3 is 6.09 Å². The van der Waals surface area contributed by atoms with Crippen LogP contribution < -0.4 is 10.6 Å². The number of hydrogen-bond acceptors (Lipinski definition) is 6. The van der Waals surface area contributed by atoms with Gasteiger partial charge in [-0.15, -0.1) is 0 Å². The van der Waals surface area contributed by atoms with E-state index in [9.17, 15) is 19.2 Å². The van der Waals surface area contributed by atoms with Crippen LogP contribution in [-0.2, 0) is 38.6 Å². The maximum atomic E-state index is 13.2. The largest absolute Gasteiger partial charge is 0.445 e. The van der Waals surface area contributed by atoms with Gasteiger partial charge in [-0.25, -0.2) is 4.79 Å². The molecule has 2 aromatic rings. The number of aromatic nitrogens is 2. The number of rotatable bonds is 7. The highest BCUT2D eigenvalue weighted by molar-refractivity contribution is 6.37. The molecular formula is C26H34N4O5. The number of carbonyl (C=O) groups excluding carboxylic acids is 4. The predicted octanol–water partition coefficient (Wildman–Crippen LogP) is 2.89. The van der Waals surface area contributed by atoms with Crippen LogP contribution in [0.5, 0.6) is 0 Å². The van der Waals surface area contributed by atoms with Crippen molar-refractivity contribution in [3.63, 3.8) is 0 Å². The molecule has 2 unspecified atom stereocenters. The zero-order valence-corrected chi connectivity index (χ0v) is 20.3. The average Bonchev–Trinajstić information content (AvgIpc) is 3.29. The van der Waals surface area contributed by atoms with Gasteiger partial charge in [-0.3, -0.25) is 19.5 Å². The van der Waals surface area contributed by atoms with E-state index in [0.717, 1.165) is 23.2 Å². The second kappa shape index (κ2) is 12.8. The van der Waals surface area contributed by atoms with Crippen molar-refractivity contribution in [3.8, 4) is 0 Å². The van der Waals surface area contributed by atoms with Crippen molar-refractivity contribution >= 4 is 23.6 Å². The molecule has 2 atom stereocenters. The van der Waals surface area contributed by atoms with Crippen molar-refractivity contribution in [2.24, 2.45) is 11.8 Å². The fraction of sp³-hybridized carbons (Fsp3) is 0.500. The SMILES string of the molecule is CC(C)C(NC(=O)OCc1ccccc1)C(=O)CC1CCCc2cn[nH]c2CCCNC(=O)C1=O. The second-order valence-electron chi connectivity index (χ2n) is 9.28. The minimum Gasteiger partial charge on any atom is -0.445 e. The Hall–Kier alpha value is -3.49. The van der Waals surface area contributed by atoms with Gasteiger partial charge in [0.05, 0.1) is 12.2 Å². The third-order valence-corrected chi connectivity index (χ3v) is 6.24. The van der Waals surface area contributed by atoms with Crippen LogP contribution in [0.15, 0.2) is 36.5 Å². The average molecular weight is 483 g/mol.